The van der Waals surface area contributed by atoms with E-state index in [1.165, 1.54) is 4.90 Å². The van der Waals surface area contributed by atoms with Crippen LogP contribution in [0.1, 0.15) is 32.2 Å². The Labute approximate surface area is 180 Å². The van der Waals surface area contributed by atoms with Gasteiger partial charge in [0.05, 0.1) is 17.2 Å². The number of nitrogens with zero attached hydrogens (tertiary/aromatic N) is 2. The second kappa shape index (κ2) is 9.54. The summed E-state index contributed by atoms with van der Waals surface area (Å²) >= 11 is 1.57. The molecule has 2 amide bonds. The maximum Gasteiger partial charge on any atom is 0.254 e. The molecule has 0 atom stereocenters. The summed E-state index contributed by atoms with van der Waals surface area (Å²) in [5, 5.41) is 5.84. The van der Waals surface area contributed by atoms with Gasteiger partial charge in [-0.1, -0.05) is 24.3 Å². The van der Waals surface area contributed by atoms with Crippen molar-refractivity contribution in [3.05, 3.63) is 75.2 Å². The number of rotatable bonds is 7. The van der Waals surface area contributed by atoms with Gasteiger partial charge in [0.1, 0.15) is 12.4 Å². The maximum atomic E-state index is 12.8. The number of nitrogens with one attached hydrogen (secondary N) is 1. The van der Waals surface area contributed by atoms with Crippen molar-refractivity contribution in [3.63, 3.8) is 0 Å². The molecule has 0 spiro atoms. The van der Waals surface area contributed by atoms with Crippen molar-refractivity contribution < 1.29 is 14.3 Å². The zero-order chi connectivity index (χ0) is 21.7. The van der Waals surface area contributed by atoms with Crippen LogP contribution < -0.4 is 10.1 Å². The van der Waals surface area contributed by atoms with Crippen LogP contribution in [0, 0.1) is 20.8 Å². The SMILES string of the molecule is Cc1nc(COc2cccc(C(=O)N(C)CC(=O)Nc3c(C)cccc3C)c2)cs1. The molecule has 3 aromatic rings. The molecule has 2 aromatic carbocycles. The monoisotopic (exact) mass is 423 g/mol. The van der Waals surface area contributed by atoms with E-state index in [-0.39, 0.29) is 18.4 Å². The molecule has 1 N–H and O–H groups in total. The third kappa shape index (κ3) is 5.45. The summed E-state index contributed by atoms with van der Waals surface area (Å²) in [7, 11) is 1.61. The first kappa shape index (κ1) is 21.5. The number of thiazole rings is 1. The highest BCUT2D eigenvalue weighted by Gasteiger charge is 2.17. The summed E-state index contributed by atoms with van der Waals surface area (Å²) in [6.07, 6.45) is 0. The van der Waals surface area contributed by atoms with Crippen molar-refractivity contribution in [2.45, 2.75) is 27.4 Å². The second-order valence-corrected chi connectivity index (χ2v) is 8.21. The molecule has 7 heteroatoms. The minimum atomic E-state index is -0.249. The molecule has 3 rings (SSSR count). The summed E-state index contributed by atoms with van der Waals surface area (Å²) < 4.78 is 5.76. The number of hydrogen-bond acceptors (Lipinski definition) is 5. The first-order valence-electron chi connectivity index (χ1n) is 9.59. The first-order valence-corrected chi connectivity index (χ1v) is 10.5. The Hall–Kier alpha value is -3.19. The van der Waals surface area contributed by atoms with Gasteiger partial charge in [-0.15, -0.1) is 11.3 Å². The van der Waals surface area contributed by atoms with Gasteiger partial charge in [0.2, 0.25) is 5.91 Å². The average Bonchev–Trinajstić information content (AvgIpc) is 3.14. The van der Waals surface area contributed by atoms with Gasteiger partial charge in [0.15, 0.2) is 0 Å². The molecule has 0 aliphatic carbocycles. The van der Waals surface area contributed by atoms with E-state index < -0.39 is 0 Å². The Morgan fingerprint density at radius 3 is 2.47 bits per heavy atom. The highest BCUT2D eigenvalue weighted by Crippen LogP contribution is 2.20. The molecule has 6 nitrogen and oxygen atoms in total. The van der Waals surface area contributed by atoms with Crippen LogP contribution in [-0.2, 0) is 11.4 Å². The summed E-state index contributed by atoms with van der Waals surface area (Å²) in [6, 6.07) is 12.8. The lowest BCUT2D eigenvalue weighted by atomic mass is 10.1. The number of ether oxygens (including phenoxy) is 1. The van der Waals surface area contributed by atoms with Crippen LogP contribution in [0.2, 0.25) is 0 Å². The molecule has 0 saturated carbocycles. The number of carbonyl (C=O) groups excluding carboxylic acids is 2. The molecule has 0 aliphatic rings. The fourth-order valence-corrected chi connectivity index (χ4v) is 3.65. The summed E-state index contributed by atoms with van der Waals surface area (Å²) in [5.74, 6) is 0.0936. The maximum absolute atomic E-state index is 12.8. The Balaban J connectivity index is 1.60. The van der Waals surface area contributed by atoms with Gasteiger partial charge in [0.25, 0.3) is 5.91 Å². The number of amides is 2. The predicted molar refractivity (Wildman–Crippen MR) is 119 cm³/mol. The average molecular weight is 424 g/mol. The molecule has 0 aliphatic heterocycles. The molecule has 1 aromatic heterocycles. The van der Waals surface area contributed by atoms with Crippen LogP contribution in [0.15, 0.2) is 47.8 Å². The molecular formula is C23H25N3O3S. The van der Waals surface area contributed by atoms with Gasteiger partial charge < -0.3 is 15.0 Å². The smallest absolute Gasteiger partial charge is 0.254 e. The quantitative estimate of drug-likeness (QED) is 0.613. The summed E-state index contributed by atoms with van der Waals surface area (Å²) in [6.45, 7) is 6.12. The largest absolute Gasteiger partial charge is 0.487 e. The highest BCUT2D eigenvalue weighted by atomic mass is 32.1. The van der Waals surface area contributed by atoms with Gasteiger partial charge in [-0.25, -0.2) is 4.98 Å². The van der Waals surface area contributed by atoms with Gasteiger partial charge in [0, 0.05) is 23.7 Å². The normalized spacial score (nSPS) is 10.5. The van der Waals surface area contributed by atoms with Crippen molar-refractivity contribution in [3.8, 4) is 5.75 Å². The molecule has 0 radical (unpaired) electrons. The van der Waals surface area contributed by atoms with E-state index in [4.69, 9.17) is 4.74 Å². The van der Waals surface area contributed by atoms with Gasteiger partial charge in [-0.2, -0.15) is 0 Å². The minimum Gasteiger partial charge on any atom is -0.487 e. The highest BCUT2D eigenvalue weighted by molar-refractivity contribution is 7.09. The number of aryl methyl sites for hydroxylation is 3. The molecule has 0 fully saturated rings. The number of aromatic nitrogens is 1. The number of anilines is 1. The third-order valence-electron chi connectivity index (χ3n) is 4.61. The van der Waals surface area contributed by atoms with Crippen molar-refractivity contribution in [1.29, 1.82) is 0 Å². The molecule has 0 saturated heterocycles. The number of likely N-dealkylation sites (N-methyl/N-ethyl adjacent to an activating group) is 1. The number of para-hydroxylation sites is 1. The Kier molecular flexibility index (Phi) is 6.84. The molecule has 0 bridgehead atoms. The molecule has 30 heavy (non-hydrogen) atoms. The van der Waals surface area contributed by atoms with Crippen molar-refractivity contribution in [2.75, 3.05) is 18.9 Å². The third-order valence-corrected chi connectivity index (χ3v) is 5.43. The van der Waals surface area contributed by atoms with E-state index in [2.05, 4.69) is 10.3 Å². The van der Waals surface area contributed by atoms with Gasteiger partial charge in [-0.05, 0) is 50.1 Å². The second-order valence-electron chi connectivity index (χ2n) is 7.15. The molecule has 156 valence electrons. The topological polar surface area (TPSA) is 71.5 Å². The van der Waals surface area contributed by atoms with Crippen LogP contribution in [-0.4, -0.2) is 35.3 Å². The van der Waals surface area contributed by atoms with Crippen LogP contribution in [0.5, 0.6) is 5.75 Å². The van der Waals surface area contributed by atoms with Crippen LogP contribution in [0.4, 0.5) is 5.69 Å². The standard InChI is InChI=1S/C23H25N3O3S/c1-15-7-5-8-16(2)22(15)25-21(27)12-26(4)23(28)18-9-6-10-20(11-18)29-13-19-14-30-17(3)24-19/h5-11,14H,12-13H2,1-4H3,(H,25,27). The zero-order valence-electron chi connectivity index (χ0n) is 17.6. The Morgan fingerprint density at radius 1 is 1.10 bits per heavy atom. The van der Waals surface area contributed by atoms with Crippen molar-refractivity contribution in [2.24, 2.45) is 0 Å². The van der Waals surface area contributed by atoms with E-state index in [9.17, 15) is 9.59 Å². The lowest BCUT2D eigenvalue weighted by Gasteiger charge is -2.18. The fraction of sp³-hybridized carbons (Fsp3) is 0.261. The van der Waals surface area contributed by atoms with E-state index >= 15 is 0 Å². The molecular weight excluding hydrogens is 398 g/mol. The fourth-order valence-electron chi connectivity index (χ4n) is 3.05. The Morgan fingerprint density at radius 2 is 1.80 bits per heavy atom. The van der Waals surface area contributed by atoms with E-state index in [0.29, 0.717) is 17.9 Å². The first-order chi connectivity index (χ1) is 14.3. The number of benzene rings is 2. The zero-order valence-corrected chi connectivity index (χ0v) is 18.4. The van der Waals surface area contributed by atoms with E-state index in [0.717, 1.165) is 27.5 Å². The van der Waals surface area contributed by atoms with E-state index in [1.54, 1.807) is 42.6 Å². The van der Waals surface area contributed by atoms with Gasteiger partial charge >= 0.3 is 0 Å². The van der Waals surface area contributed by atoms with Crippen LogP contribution in [0.3, 0.4) is 0 Å². The van der Waals surface area contributed by atoms with Crippen molar-refractivity contribution in [1.82, 2.24) is 9.88 Å². The summed E-state index contributed by atoms with van der Waals surface area (Å²) in [4.78, 5) is 31.0. The number of carbonyl (C=O) groups is 2. The van der Waals surface area contributed by atoms with Crippen LogP contribution >= 0.6 is 11.3 Å². The van der Waals surface area contributed by atoms with Crippen molar-refractivity contribution >= 4 is 28.8 Å². The Bertz CT molecular complexity index is 1040. The summed E-state index contributed by atoms with van der Waals surface area (Å²) in [5.41, 5.74) is 4.07. The van der Waals surface area contributed by atoms with Gasteiger partial charge in [-0.3, -0.25) is 9.59 Å². The number of hydrogen-bond donors (Lipinski definition) is 1. The minimum absolute atomic E-state index is 0.0458. The lowest BCUT2D eigenvalue weighted by Crippen LogP contribution is -2.35. The predicted octanol–water partition coefficient (Wildman–Crippen LogP) is 4.36. The molecule has 0 unspecified atom stereocenters. The molecule has 1 heterocycles. The lowest BCUT2D eigenvalue weighted by molar-refractivity contribution is -0.116. The van der Waals surface area contributed by atoms with Crippen LogP contribution in [0.25, 0.3) is 0 Å². The van der Waals surface area contributed by atoms with E-state index in [1.807, 2.05) is 44.4 Å².